The molecule has 0 atom stereocenters. The second kappa shape index (κ2) is 4.96. The van der Waals surface area contributed by atoms with E-state index in [1.54, 1.807) is 12.1 Å². The van der Waals surface area contributed by atoms with E-state index in [1.807, 2.05) is 0 Å². The molecule has 0 saturated heterocycles. The summed E-state index contributed by atoms with van der Waals surface area (Å²) in [5.41, 5.74) is 5.44. The monoisotopic (exact) mass is 297 g/mol. The average molecular weight is 297 g/mol. The van der Waals surface area contributed by atoms with Gasteiger partial charge in [-0.25, -0.2) is 9.78 Å². The number of amides is 1. The molecule has 1 aromatic carbocycles. The Morgan fingerprint density at radius 1 is 1.18 bits per heavy atom. The lowest BCUT2D eigenvalue weighted by molar-refractivity contribution is 0.0602. The minimum absolute atomic E-state index is 0.0983. The topological polar surface area (TPSA) is 104 Å². The summed E-state index contributed by atoms with van der Waals surface area (Å²) in [4.78, 5) is 40.2. The van der Waals surface area contributed by atoms with Crippen LogP contribution in [0.5, 0.6) is 0 Å². The highest BCUT2D eigenvalue weighted by atomic mass is 16.5. The van der Waals surface area contributed by atoms with Crippen LogP contribution in [0.4, 0.5) is 0 Å². The van der Waals surface area contributed by atoms with E-state index in [4.69, 9.17) is 10.5 Å². The highest BCUT2D eigenvalue weighted by molar-refractivity contribution is 6.04. The van der Waals surface area contributed by atoms with Gasteiger partial charge in [-0.15, -0.1) is 0 Å². The number of hydrogen-bond acceptors (Lipinski definition) is 5. The molecule has 3 rings (SSSR count). The summed E-state index contributed by atoms with van der Waals surface area (Å²) in [5.74, 6) is -1.32. The van der Waals surface area contributed by atoms with Crippen molar-refractivity contribution in [3.63, 3.8) is 0 Å². The van der Waals surface area contributed by atoms with Crippen LogP contribution in [0, 0.1) is 0 Å². The zero-order chi connectivity index (χ0) is 15.9. The van der Waals surface area contributed by atoms with Crippen LogP contribution >= 0.6 is 0 Å². The zero-order valence-corrected chi connectivity index (χ0v) is 11.6. The third kappa shape index (κ3) is 1.91. The van der Waals surface area contributed by atoms with Crippen molar-refractivity contribution >= 4 is 28.4 Å². The van der Waals surface area contributed by atoms with Crippen LogP contribution in [0.3, 0.4) is 0 Å². The molecule has 0 aliphatic carbocycles. The molecule has 2 N–H and O–H groups in total. The van der Waals surface area contributed by atoms with Gasteiger partial charge in [0, 0.05) is 6.20 Å². The normalized spacial score (nSPS) is 10.8. The molecular weight excluding hydrogens is 286 g/mol. The second-order valence-corrected chi connectivity index (χ2v) is 4.59. The molecule has 22 heavy (non-hydrogen) atoms. The predicted molar refractivity (Wildman–Crippen MR) is 78.8 cm³/mol. The Bertz CT molecular complexity index is 991. The van der Waals surface area contributed by atoms with Crippen molar-refractivity contribution in [1.29, 1.82) is 0 Å². The fourth-order valence-electron chi connectivity index (χ4n) is 2.32. The number of benzene rings is 1. The third-order valence-electron chi connectivity index (χ3n) is 3.34. The zero-order valence-electron chi connectivity index (χ0n) is 11.6. The van der Waals surface area contributed by atoms with Crippen molar-refractivity contribution in [2.45, 2.75) is 0 Å². The first-order valence-electron chi connectivity index (χ1n) is 6.37. The Morgan fingerprint density at radius 2 is 1.91 bits per heavy atom. The number of primary amides is 1. The molecule has 0 radical (unpaired) electrons. The van der Waals surface area contributed by atoms with E-state index in [0.29, 0.717) is 0 Å². The van der Waals surface area contributed by atoms with E-state index in [1.165, 1.54) is 35.9 Å². The van der Waals surface area contributed by atoms with Gasteiger partial charge in [-0.2, -0.15) is 0 Å². The molecule has 2 heterocycles. The molecule has 2 aromatic heterocycles. The third-order valence-corrected chi connectivity index (χ3v) is 3.34. The molecule has 7 heteroatoms. The SMILES string of the molecule is COC(=O)c1cccc2c(=O)n3cccc(C(N)=O)c3nc12. The molecule has 0 unspecified atom stereocenters. The van der Waals surface area contributed by atoms with E-state index >= 15 is 0 Å². The van der Waals surface area contributed by atoms with Gasteiger partial charge in [0.1, 0.15) is 0 Å². The number of fused-ring (bicyclic) bond motifs is 2. The van der Waals surface area contributed by atoms with Crippen LogP contribution in [0.1, 0.15) is 20.7 Å². The number of hydrogen-bond donors (Lipinski definition) is 1. The summed E-state index contributed by atoms with van der Waals surface area (Å²) < 4.78 is 5.92. The number of carbonyl (C=O) groups is 2. The number of methoxy groups -OCH3 is 1. The number of carbonyl (C=O) groups excluding carboxylic acids is 2. The first-order chi connectivity index (χ1) is 10.5. The highest BCUT2D eigenvalue weighted by Crippen LogP contribution is 2.17. The Morgan fingerprint density at radius 3 is 2.59 bits per heavy atom. The van der Waals surface area contributed by atoms with Crippen molar-refractivity contribution < 1.29 is 14.3 Å². The van der Waals surface area contributed by atoms with Crippen molar-refractivity contribution in [1.82, 2.24) is 9.38 Å². The summed E-state index contributed by atoms with van der Waals surface area (Å²) >= 11 is 0. The quantitative estimate of drug-likeness (QED) is 0.555. The van der Waals surface area contributed by atoms with Gasteiger partial charge in [0.15, 0.2) is 5.65 Å². The lowest BCUT2D eigenvalue weighted by Crippen LogP contribution is -2.21. The molecule has 1 amide bonds. The van der Waals surface area contributed by atoms with Crippen molar-refractivity contribution in [2.24, 2.45) is 5.73 Å². The number of nitrogens with two attached hydrogens (primary N) is 1. The van der Waals surface area contributed by atoms with Gasteiger partial charge in [-0.1, -0.05) is 6.07 Å². The fraction of sp³-hybridized carbons (Fsp3) is 0.0667. The number of esters is 1. The number of rotatable bonds is 2. The van der Waals surface area contributed by atoms with Gasteiger partial charge >= 0.3 is 5.97 Å². The molecule has 0 aliphatic heterocycles. The maximum atomic E-state index is 12.5. The van der Waals surface area contributed by atoms with Gasteiger partial charge in [-0.05, 0) is 24.3 Å². The van der Waals surface area contributed by atoms with Crippen LogP contribution in [-0.2, 0) is 4.74 Å². The van der Waals surface area contributed by atoms with E-state index < -0.39 is 17.4 Å². The Labute approximate surface area is 123 Å². The maximum Gasteiger partial charge on any atom is 0.340 e. The Hall–Kier alpha value is -3.22. The Balaban J connectivity index is 2.54. The van der Waals surface area contributed by atoms with Crippen molar-refractivity contribution in [2.75, 3.05) is 7.11 Å². The molecular formula is C15H11N3O4. The van der Waals surface area contributed by atoms with Crippen LogP contribution in [0.15, 0.2) is 41.3 Å². The summed E-state index contributed by atoms with van der Waals surface area (Å²) in [6.45, 7) is 0. The molecule has 3 aromatic rings. The lowest BCUT2D eigenvalue weighted by atomic mass is 10.1. The second-order valence-electron chi connectivity index (χ2n) is 4.59. The minimum atomic E-state index is -0.708. The number of aromatic nitrogens is 2. The van der Waals surface area contributed by atoms with Crippen molar-refractivity contribution in [3.8, 4) is 0 Å². The van der Waals surface area contributed by atoms with Gasteiger partial charge in [0.25, 0.3) is 11.5 Å². The fourth-order valence-corrected chi connectivity index (χ4v) is 2.32. The Kier molecular flexibility index (Phi) is 3.10. The summed E-state index contributed by atoms with van der Waals surface area (Å²) in [5, 5.41) is 0.252. The van der Waals surface area contributed by atoms with E-state index in [-0.39, 0.29) is 27.7 Å². The molecule has 0 aliphatic rings. The molecule has 110 valence electrons. The van der Waals surface area contributed by atoms with E-state index in [0.717, 1.165) is 0 Å². The number of ether oxygens (including phenoxy) is 1. The van der Waals surface area contributed by atoms with Crippen LogP contribution < -0.4 is 11.3 Å². The van der Waals surface area contributed by atoms with Gasteiger partial charge in [0.2, 0.25) is 0 Å². The number of pyridine rings is 1. The first kappa shape index (κ1) is 13.7. The van der Waals surface area contributed by atoms with E-state index in [9.17, 15) is 14.4 Å². The van der Waals surface area contributed by atoms with Crippen LogP contribution in [0.2, 0.25) is 0 Å². The summed E-state index contributed by atoms with van der Waals surface area (Å²) in [6, 6.07) is 7.63. The maximum absolute atomic E-state index is 12.5. The molecule has 7 nitrogen and oxygen atoms in total. The van der Waals surface area contributed by atoms with Gasteiger partial charge in [0.05, 0.1) is 29.1 Å². The van der Waals surface area contributed by atoms with Gasteiger partial charge in [-0.3, -0.25) is 14.0 Å². The number of nitrogens with zero attached hydrogens (tertiary/aromatic N) is 2. The van der Waals surface area contributed by atoms with Crippen LogP contribution in [0.25, 0.3) is 16.6 Å². The minimum Gasteiger partial charge on any atom is -0.465 e. The smallest absolute Gasteiger partial charge is 0.340 e. The lowest BCUT2D eigenvalue weighted by Gasteiger charge is -2.08. The van der Waals surface area contributed by atoms with Gasteiger partial charge < -0.3 is 10.5 Å². The highest BCUT2D eigenvalue weighted by Gasteiger charge is 2.17. The average Bonchev–Trinajstić information content (AvgIpc) is 2.53. The molecule has 0 bridgehead atoms. The summed E-state index contributed by atoms with van der Waals surface area (Å²) in [6.07, 6.45) is 1.49. The van der Waals surface area contributed by atoms with Crippen LogP contribution in [-0.4, -0.2) is 28.4 Å². The molecule has 0 saturated carbocycles. The largest absolute Gasteiger partial charge is 0.465 e. The molecule has 0 fully saturated rings. The number of para-hydroxylation sites is 1. The summed E-state index contributed by atoms with van der Waals surface area (Å²) in [7, 11) is 1.24. The standard InChI is InChI=1S/C15H11N3O4/c1-22-15(21)9-5-2-4-8-11(9)17-13-10(12(16)19)6-3-7-18(13)14(8)20/h2-7H,1H3,(H2,16,19). The predicted octanol–water partition coefficient (Wildman–Crippen LogP) is 0.733. The van der Waals surface area contributed by atoms with E-state index in [2.05, 4.69) is 4.98 Å². The first-order valence-corrected chi connectivity index (χ1v) is 6.37. The molecule has 0 spiro atoms. The van der Waals surface area contributed by atoms with Crippen molar-refractivity contribution in [3.05, 3.63) is 58.0 Å².